The van der Waals surface area contributed by atoms with Crippen molar-refractivity contribution >= 4 is 14.1 Å². The largest absolute Gasteiger partial charge is 0.541 e. The minimum atomic E-state index is -7.72. The van der Waals surface area contributed by atoms with Crippen LogP contribution in [0.3, 0.4) is 0 Å². The van der Waals surface area contributed by atoms with E-state index in [1.165, 1.54) is 39.9 Å². The van der Waals surface area contributed by atoms with Gasteiger partial charge in [-0.25, -0.2) is 4.39 Å². The third kappa shape index (κ3) is 4.85. The van der Waals surface area contributed by atoms with E-state index in [9.17, 15) is 52.7 Å². The second-order valence-electron chi connectivity index (χ2n) is 8.67. The van der Waals surface area contributed by atoms with Gasteiger partial charge in [0.05, 0.1) is 0 Å². The third-order valence-corrected chi connectivity index (χ3v) is 9.54. The van der Waals surface area contributed by atoms with Crippen molar-refractivity contribution in [3.8, 4) is 0 Å². The lowest BCUT2D eigenvalue weighted by Gasteiger charge is -2.39. The first kappa shape index (κ1) is 29.2. The molecule has 0 aromatic heterocycles. The molecule has 0 radical (unpaired) electrons. The summed E-state index contributed by atoms with van der Waals surface area (Å²) < 4.78 is 167. The molecule has 0 atom stereocenters. The smallest absolute Gasteiger partial charge is 0.460 e. The average Bonchev–Trinajstić information content (AvgIpc) is 2.63. The Bertz CT molecular complexity index is 867. The SMILES string of the molecule is CC(C)(C)[Si](C)(C)O/C(=C(\F)C(F)(F)C(F)(F)C(F)(F)C(F)(F)C(F)(F)F)c1ccccc1. The highest BCUT2D eigenvalue weighted by Crippen LogP contribution is 2.59. The predicted octanol–water partition coefficient (Wildman–Crippen LogP) is 8.45. The zero-order valence-electron chi connectivity index (χ0n) is 17.8. The van der Waals surface area contributed by atoms with Crippen molar-refractivity contribution in [3.63, 3.8) is 0 Å². The second kappa shape index (κ2) is 8.42. The Morgan fingerprint density at radius 3 is 1.48 bits per heavy atom. The first-order valence-electron chi connectivity index (χ1n) is 9.09. The number of benzene rings is 1. The quantitative estimate of drug-likeness (QED) is 0.199. The molecule has 0 aliphatic heterocycles. The van der Waals surface area contributed by atoms with E-state index in [4.69, 9.17) is 4.43 Å². The Balaban J connectivity index is 3.84. The molecule has 0 spiro atoms. The molecule has 1 aromatic rings. The molecule has 0 N–H and O–H groups in total. The second-order valence-corrected chi connectivity index (χ2v) is 13.4. The van der Waals surface area contributed by atoms with Crippen LogP contribution in [0.4, 0.5) is 52.7 Å². The van der Waals surface area contributed by atoms with Gasteiger partial charge in [0.25, 0.3) is 8.32 Å². The van der Waals surface area contributed by atoms with Crippen LogP contribution < -0.4 is 0 Å². The van der Waals surface area contributed by atoms with Gasteiger partial charge in [0.15, 0.2) is 0 Å². The number of rotatable bonds is 7. The van der Waals surface area contributed by atoms with Gasteiger partial charge in [-0.3, -0.25) is 0 Å². The van der Waals surface area contributed by atoms with Gasteiger partial charge in [-0.05, 0) is 18.1 Å². The fourth-order valence-corrected chi connectivity index (χ4v) is 3.10. The maximum atomic E-state index is 14.8. The van der Waals surface area contributed by atoms with Gasteiger partial charge in [0.2, 0.25) is 5.83 Å². The molecular weight excluding hydrogens is 500 g/mol. The first-order valence-corrected chi connectivity index (χ1v) is 12.0. The summed E-state index contributed by atoms with van der Waals surface area (Å²) in [6, 6.07) is 5.26. The minimum Gasteiger partial charge on any atom is -0.541 e. The summed E-state index contributed by atoms with van der Waals surface area (Å²) in [6.07, 6.45) is -7.34. The van der Waals surface area contributed by atoms with Gasteiger partial charge in [-0.2, -0.15) is 48.3 Å². The monoisotopic (exact) mass is 520 g/mol. The van der Waals surface area contributed by atoms with Gasteiger partial charge in [0.1, 0.15) is 5.76 Å². The molecular formula is C19H20F12OSi. The highest BCUT2D eigenvalue weighted by atomic mass is 28.4. The van der Waals surface area contributed by atoms with Crippen LogP contribution in [0.1, 0.15) is 26.3 Å². The van der Waals surface area contributed by atoms with Crippen molar-refractivity contribution in [2.24, 2.45) is 0 Å². The Kier molecular flexibility index (Phi) is 7.44. The Morgan fingerprint density at radius 1 is 0.697 bits per heavy atom. The molecule has 1 nitrogen and oxygen atoms in total. The lowest BCUT2D eigenvalue weighted by atomic mass is 9.96. The lowest BCUT2D eigenvalue weighted by molar-refractivity contribution is -0.419. The number of hydrogen-bond acceptors (Lipinski definition) is 1. The molecule has 0 saturated carbocycles. The molecule has 1 rings (SSSR count). The molecule has 0 saturated heterocycles. The number of hydrogen-bond donors (Lipinski definition) is 0. The van der Waals surface area contributed by atoms with Crippen molar-refractivity contribution < 1.29 is 57.1 Å². The molecule has 190 valence electrons. The van der Waals surface area contributed by atoms with E-state index >= 15 is 0 Å². The van der Waals surface area contributed by atoms with Crippen LogP contribution in [0.2, 0.25) is 18.1 Å². The summed E-state index contributed by atoms with van der Waals surface area (Å²) in [6.45, 7) is 7.23. The van der Waals surface area contributed by atoms with E-state index in [2.05, 4.69) is 0 Å². The molecule has 0 amide bonds. The van der Waals surface area contributed by atoms with E-state index in [0.29, 0.717) is 0 Å². The molecule has 0 fully saturated rings. The molecule has 1 aromatic carbocycles. The number of alkyl halides is 11. The normalized spacial score (nSPS) is 15.9. The predicted molar refractivity (Wildman–Crippen MR) is 98.6 cm³/mol. The van der Waals surface area contributed by atoms with Crippen LogP contribution in [-0.4, -0.2) is 38.2 Å². The van der Waals surface area contributed by atoms with Crippen LogP contribution in [-0.2, 0) is 4.43 Å². The summed E-state index contributed by atoms with van der Waals surface area (Å²) in [5.74, 6) is -34.8. The molecule has 0 bridgehead atoms. The molecule has 0 heterocycles. The first-order chi connectivity index (χ1) is 14.4. The minimum absolute atomic E-state index is 0.652. The number of allylic oxidation sites excluding steroid dienone is 1. The average molecular weight is 520 g/mol. The van der Waals surface area contributed by atoms with Crippen LogP contribution in [0, 0.1) is 0 Å². The maximum Gasteiger partial charge on any atom is 0.460 e. The highest BCUT2D eigenvalue weighted by Gasteiger charge is 2.88. The molecule has 0 aliphatic carbocycles. The summed E-state index contributed by atoms with van der Waals surface area (Å²) >= 11 is 0. The van der Waals surface area contributed by atoms with Gasteiger partial charge in [-0.15, -0.1) is 0 Å². The van der Waals surface area contributed by atoms with E-state index in [1.807, 2.05) is 0 Å². The van der Waals surface area contributed by atoms with E-state index < -0.39 is 60.4 Å². The standard InChI is InChI=1S/C19H20F12OSi/c1-14(2,3)33(4,5)32-12(11-9-7-6-8-10-11)13(20)15(21,22)16(23,24)17(25,26)18(27,28)19(29,30)31/h6-10H,1-5H3/b13-12-. The van der Waals surface area contributed by atoms with Crippen molar-refractivity contribution in [2.45, 2.75) is 68.8 Å². The van der Waals surface area contributed by atoms with E-state index in [1.54, 1.807) is 0 Å². The van der Waals surface area contributed by atoms with Crippen LogP contribution in [0.5, 0.6) is 0 Å². The van der Waals surface area contributed by atoms with Gasteiger partial charge >= 0.3 is 29.9 Å². The topological polar surface area (TPSA) is 9.23 Å². The maximum absolute atomic E-state index is 14.8. The van der Waals surface area contributed by atoms with Crippen molar-refractivity contribution in [3.05, 3.63) is 41.7 Å². The third-order valence-electron chi connectivity index (χ3n) is 5.21. The van der Waals surface area contributed by atoms with Crippen LogP contribution in [0.15, 0.2) is 36.2 Å². The zero-order valence-corrected chi connectivity index (χ0v) is 18.8. The van der Waals surface area contributed by atoms with Crippen LogP contribution in [0.25, 0.3) is 5.76 Å². The van der Waals surface area contributed by atoms with Gasteiger partial charge < -0.3 is 4.43 Å². The highest BCUT2D eigenvalue weighted by molar-refractivity contribution is 6.74. The summed E-state index contributed by atoms with van der Waals surface area (Å²) in [5.41, 5.74) is -0.652. The molecule has 33 heavy (non-hydrogen) atoms. The Labute approximate surface area is 182 Å². The lowest BCUT2D eigenvalue weighted by Crippen LogP contribution is -2.66. The molecule has 0 aliphatic rings. The summed E-state index contributed by atoms with van der Waals surface area (Å²) in [5, 5.41) is -0.877. The number of halogens is 12. The fourth-order valence-electron chi connectivity index (χ4n) is 2.08. The summed E-state index contributed by atoms with van der Waals surface area (Å²) in [4.78, 5) is 0. The van der Waals surface area contributed by atoms with Gasteiger partial charge in [0, 0.05) is 5.56 Å². The van der Waals surface area contributed by atoms with E-state index in [-0.39, 0.29) is 0 Å². The molecule has 14 heteroatoms. The van der Waals surface area contributed by atoms with Crippen molar-refractivity contribution in [1.82, 2.24) is 0 Å². The molecule has 0 unspecified atom stereocenters. The van der Waals surface area contributed by atoms with E-state index in [0.717, 1.165) is 24.3 Å². The Hall–Kier alpha value is -1.86. The zero-order chi connectivity index (χ0) is 26.5. The Morgan fingerprint density at radius 2 is 1.12 bits per heavy atom. The van der Waals surface area contributed by atoms with Crippen molar-refractivity contribution in [2.75, 3.05) is 0 Å². The van der Waals surface area contributed by atoms with Crippen molar-refractivity contribution in [1.29, 1.82) is 0 Å². The van der Waals surface area contributed by atoms with Gasteiger partial charge in [-0.1, -0.05) is 51.1 Å². The van der Waals surface area contributed by atoms with Crippen LogP contribution >= 0.6 is 0 Å². The fraction of sp³-hybridized carbons (Fsp3) is 0.579. The summed E-state index contributed by atoms with van der Waals surface area (Å²) in [7, 11) is -3.36.